The normalized spacial score (nSPS) is 12.9. The number of fused-ring (bicyclic) bond motifs is 1. The van der Waals surface area contributed by atoms with Crippen molar-refractivity contribution >= 4 is 11.6 Å². The van der Waals surface area contributed by atoms with Gasteiger partial charge in [-0.2, -0.15) is 5.10 Å². The molecule has 0 spiro atoms. The minimum absolute atomic E-state index is 0.0430. The first-order valence-electron chi connectivity index (χ1n) is 6.35. The van der Waals surface area contributed by atoms with Gasteiger partial charge in [-0.25, -0.2) is 0 Å². The van der Waals surface area contributed by atoms with Gasteiger partial charge in [-0.05, 0) is 30.2 Å². The summed E-state index contributed by atoms with van der Waals surface area (Å²) in [4.78, 5) is 12.1. The zero-order chi connectivity index (χ0) is 13.2. The van der Waals surface area contributed by atoms with Gasteiger partial charge in [-0.1, -0.05) is 0 Å². The quantitative estimate of drug-likeness (QED) is 0.870. The third-order valence-corrected chi connectivity index (χ3v) is 3.29. The highest BCUT2D eigenvalue weighted by Gasteiger charge is 2.13. The Morgan fingerprint density at radius 1 is 1.53 bits per heavy atom. The van der Waals surface area contributed by atoms with Gasteiger partial charge in [0.2, 0.25) is 0 Å². The molecule has 1 aromatic heterocycles. The molecule has 1 aliphatic rings. The second-order valence-electron chi connectivity index (χ2n) is 4.75. The fourth-order valence-electron chi connectivity index (χ4n) is 2.29. The Labute approximate surface area is 111 Å². The number of amides is 1. The minimum atomic E-state index is -0.0430. The topological polar surface area (TPSA) is 59.0 Å². The molecule has 2 aromatic rings. The third-order valence-electron chi connectivity index (χ3n) is 3.29. The van der Waals surface area contributed by atoms with Crippen LogP contribution in [0.5, 0.6) is 0 Å². The first kappa shape index (κ1) is 11.8. The summed E-state index contributed by atoms with van der Waals surface area (Å²) in [6, 6.07) is 5.80. The van der Waals surface area contributed by atoms with Crippen LogP contribution in [0.4, 0.5) is 5.69 Å². The molecule has 3 rings (SSSR count). The van der Waals surface area contributed by atoms with Gasteiger partial charge in [-0.3, -0.25) is 9.48 Å². The van der Waals surface area contributed by atoms with E-state index in [1.165, 1.54) is 5.56 Å². The van der Waals surface area contributed by atoms with Crippen molar-refractivity contribution < 1.29 is 4.79 Å². The van der Waals surface area contributed by atoms with Crippen LogP contribution in [-0.2, 0) is 20.0 Å². The second kappa shape index (κ2) is 4.76. The lowest BCUT2D eigenvalue weighted by atomic mass is 10.1. The van der Waals surface area contributed by atoms with Crippen LogP contribution in [0, 0.1) is 0 Å². The van der Waals surface area contributed by atoms with Crippen LogP contribution in [0.3, 0.4) is 0 Å². The number of rotatable bonds is 3. The van der Waals surface area contributed by atoms with E-state index >= 15 is 0 Å². The Balaban J connectivity index is 1.67. The lowest BCUT2D eigenvalue weighted by Gasteiger charge is -2.06. The number of hydrogen-bond acceptors (Lipinski definition) is 3. The van der Waals surface area contributed by atoms with E-state index in [0.717, 1.165) is 24.2 Å². The molecule has 0 saturated carbocycles. The summed E-state index contributed by atoms with van der Waals surface area (Å²) in [6.07, 6.45) is 4.64. The number of carbonyl (C=O) groups is 1. The monoisotopic (exact) mass is 256 g/mol. The van der Waals surface area contributed by atoms with Crippen molar-refractivity contribution in [3.8, 4) is 0 Å². The van der Waals surface area contributed by atoms with Crippen LogP contribution in [-0.4, -0.2) is 22.2 Å². The third kappa shape index (κ3) is 2.45. The molecule has 98 valence electrons. The Hall–Kier alpha value is -2.30. The van der Waals surface area contributed by atoms with E-state index < -0.39 is 0 Å². The van der Waals surface area contributed by atoms with Crippen LogP contribution in [0.1, 0.15) is 21.5 Å². The largest absolute Gasteiger partial charge is 0.384 e. The fraction of sp³-hybridized carbons (Fsp3) is 0.286. The van der Waals surface area contributed by atoms with Gasteiger partial charge >= 0.3 is 0 Å². The molecular weight excluding hydrogens is 240 g/mol. The Morgan fingerprint density at radius 2 is 2.42 bits per heavy atom. The van der Waals surface area contributed by atoms with E-state index in [9.17, 15) is 4.79 Å². The molecule has 0 aliphatic carbocycles. The van der Waals surface area contributed by atoms with Crippen LogP contribution in [0.2, 0.25) is 0 Å². The minimum Gasteiger partial charge on any atom is -0.384 e. The van der Waals surface area contributed by atoms with Gasteiger partial charge in [-0.15, -0.1) is 0 Å². The molecule has 19 heavy (non-hydrogen) atoms. The standard InChI is InChI=1S/C14H16N4O/c1-18-9-10(8-17-18)7-16-14(19)12-2-3-13-11(6-12)4-5-15-13/h2-3,6,8-9,15H,4-5,7H2,1H3,(H,16,19). The van der Waals surface area contributed by atoms with E-state index in [-0.39, 0.29) is 5.91 Å². The average molecular weight is 256 g/mol. The Bertz CT molecular complexity index is 618. The van der Waals surface area contributed by atoms with Gasteiger partial charge in [0.15, 0.2) is 0 Å². The molecular formula is C14H16N4O. The van der Waals surface area contributed by atoms with E-state index in [1.54, 1.807) is 10.9 Å². The number of nitrogens with one attached hydrogen (secondary N) is 2. The van der Waals surface area contributed by atoms with Crippen molar-refractivity contribution in [1.29, 1.82) is 0 Å². The molecule has 0 saturated heterocycles. The zero-order valence-corrected chi connectivity index (χ0v) is 10.8. The highest BCUT2D eigenvalue weighted by Crippen LogP contribution is 2.22. The van der Waals surface area contributed by atoms with Crippen molar-refractivity contribution in [1.82, 2.24) is 15.1 Å². The van der Waals surface area contributed by atoms with Gasteiger partial charge < -0.3 is 10.6 Å². The summed E-state index contributed by atoms with van der Waals surface area (Å²) >= 11 is 0. The molecule has 0 radical (unpaired) electrons. The molecule has 1 aromatic carbocycles. The van der Waals surface area contributed by atoms with E-state index in [0.29, 0.717) is 12.1 Å². The van der Waals surface area contributed by atoms with Crippen LogP contribution < -0.4 is 10.6 Å². The Morgan fingerprint density at radius 3 is 3.21 bits per heavy atom. The lowest BCUT2D eigenvalue weighted by Crippen LogP contribution is -2.22. The summed E-state index contributed by atoms with van der Waals surface area (Å²) < 4.78 is 1.72. The maximum Gasteiger partial charge on any atom is 0.251 e. The maximum atomic E-state index is 12.1. The van der Waals surface area contributed by atoms with E-state index in [4.69, 9.17) is 0 Å². The van der Waals surface area contributed by atoms with Gasteiger partial charge in [0.1, 0.15) is 0 Å². The highest BCUT2D eigenvalue weighted by molar-refractivity contribution is 5.95. The van der Waals surface area contributed by atoms with Crippen LogP contribution >= 0.6 is 0 Å². The highest BCUT2D eigenvalue weighted by atomic mass is 16.1. The molecule has 2 heterocycles. The summed E-state index contributed by atoms with van der Waals surface area (Å²) in [7, 11) is 1.86. The van der Waals surface area contributed by atoms with Crippen molar-refractivity contribution in [2.24, 2.45) is 7.05 Å². The van der Waals surface area contributed by atoms with Crippen LogP contribution in [0.25, 0.3) is 0 Å². The number of nitrogens with zero attached hydrogens (tertiary/aromatic N) is 2. The molecule has 5 heteroatoms. The molecule has 5 nitrogen and oxygen atoms in total. The summed E-state index contributed by atoms with van der Waals surface area (Å²) in [5.74, 6) is -0.0430. The Kier molecular flexibility index (Phi) is 2.95. The van der Waals surface area contributed by atoms with E-state index in [2.05, 4.69) is 15.7 Å². The molecule has 1 aliphatic heterocycles. The smallest absolute Gasteiger partial charge is 0.251 e. The second-order valence-corrected chi connectivity index (χ2v) is 4.75. The van der Waals surface area contributed by atoms with Gasteiger partial charge in [0.05, 0.1) is 6.20 Å². The summed E-state index contributed by atoms with van der Waals surface area (Å²) in [5, 5.41) is 10.3. The van der Waals surface area contributed by atoms with Crippen LogP contribution in [0.15, 0.2) is 30.6 Å². The lowest BCUT2D eigenvalue weighted by molar-refractivity contribution is 0.0951. The molecule has 1 amide bonds. The van der Waals surface area contributed by atoms with Gasteiger partial charge in [0.25, 0.3) is 5.91 Å². The number of carbonyl (C=O) groups excluding carboxylic acids is 1. The molecule has 0 atom stereocenters. The van der Waals surface area contributed by atoms with E-state index in [1.807, 2.05) is 31.4 Å². The predicted molar refractivity (Wildman–Crippen MR) is 73.0 cm³/mol. The number of hydrogen-bond donors (Lipinski definition) is 2. The molecule has 0 fully saturated rings. The first-order chi connectivity index (χ1) is 9.22. The summed E-state index contributed by atoms with van der Waals surface area (Å²) in [6.45, 7) is 1.46. The van der Waals surface area contributed by atoms with Crippen molar-refractivity contribution in [2.75, 3.05) is 11.9 Å². The number of aromatic nitrogens is 2. The SMILES string of the molecule is Cn1cc(CNC(=O)c2ccc3c(c2)CCN3)cn1. The predicted octanol–water partition coefficient (Wildman–Crippen LogP) is 1.32. The van der Waals surface area contributed by atoms with Gasteiger partial charge in [0, 0.05) is 43.1 Å². The number of benzene rings is 1. The molecule has 0 unspecified atom stereocenters. The first-order valence-corrected chi connectivity index (χ1v) is 6.35. The molecule has 0 bridgehead atoms. The molecule has 2 N–H and O–H groups in total. The fourth-order valence-corrected chi connectivity index (χ4v) is 2.29. The maximum absolute atomic E-state index is 12.1. The number of aryl methyl sites for hydroxylation is 1. The summed E-state index contributed by atoms with van der Waals surface area (Å²) in [5.41, 5.74) is 4.07. The zero-order valence-electron chi connectivity index (χ0n) is 10.8. The van der Waals surface area contributed by atoms with Crippen molar-refractivity contribution in [3.63, 3.8) is 0 Å². The average Bonchev–Trinajstić information content (AvgIpc) is 3.03. The number of anilines is 1. The van der Waals surface area contributed by atoms with Crippen molar-refractivity contribution in [2.45, 2.75) is 13.0 Å². The van der Waals surface area contributed by atoms with Crippen molar-refractivity contribution in [3.05, 3.63) is 47.3 Å².